The Bertz CT molecular complexity index is 54.0. The van der Waals surface area contributed by atoms with Gasteiger partial charge in [-0.05, 0) is 13.8 Å². The molecule has 2 heteroatoms. The van der Waals surface area contributed by atoms with Gasteiger partial charge in [0, 0.05) is 0 Å². The lowest BCUT2D eigenvalue weighted by molar-refractivity contribution is -0.891. The van der Waals surface area contributed by atoms with Crippen LogP contribution >= 0.6 is 0 Å². The van der Waals surface area contributed by atoms with Gasteiger partial charge in [0.1, 0.15) is 0 Å². The Labute approximate surface area is 69.7 Å². The molecule has 0 spiro atoms. The summed E-state index contributed by atoms with van der Waals surface area (Å²) in [5.74, 6) is 0. The zero-order valence-electron chi connectivity index (χ0n) is 6.40. The Morgan fingerprint density at radius 2 is 1.12 bits per heavy atom. The highest BCUT2D eigenvalue weighted by Gasteiger charge is 2.10. The fourth-order valence-corrected chi connectivity index (χ4v) is 0. The van der Waals surface area contributed by atoms with Crippen LogP contribution in [0.2, 0.25) is 0 Å². The second kappa shape index (κ2) is 3.67. The molecule has 0 unspecified atom stereocenters. The van der Waals surface area contributed by atoms with E-state index < -0.39 is 0 Å². The SMILES string of the molecule is CC(C)[N+](C)(C)C.[I-]. The van der Waals surface area contributed by atoms with Crippen LogP contribution in [0.1, 0.15) is 13.8 Å². The first-order chi connectivity index (χ1) is 2.94. The van der Waals surface area contributed by atoms with Crippen molar-refractivity contribution < 1.29 is 28.5 Å². The van der Waals surface area contributed by atoms with Crippen LogP contribution in [0.15, 0.2) is 0 Å². The first-order valence-corrected chi connectivity index (χ1v) is 2.75. The maximum Gasteiger partial charge on any atom is 0.0827 e. The van der Waals surface area contributed by atoms with Gasteiger partial charge in [-0.3, -0.25) is 0 Å². The number of hydrogen-bond donors (Lipinski definition) is 0. The molecule has 1 nitrogen and oxygen atoms in total. The van der Waals surface area contributed by atoms with Crippen molar-refractivity contribution in [1.29, 1.82) is 0 Å². The lowest BCUT2D eigenvalue weighted by Gasteiger charge is -2.28. The molecule has 0 aliphatic carbocycles. The summed E-state index contributed by atoms with van der Waals surface area (Å²) in [6.45, 7) is 4.44. The van der Waals surface area contributed by atoms with Gasteiger partial charge >= 0.3 is 0 Å². The summed E-state index contributed by atoms with van der Waals surface area (Å²) in [6.07, 6.45) is 0. The largest absolute Gasteiger partial charge is 1.00 e. The predicted octanol–water partition coefficient (Wildman–Crippen LogP) is -1.89. The van der Waals surface area contributed by atoms with Crippen molar-refractivity contribution in [3.63, 3.8) is 0 Å². The van der Waals surface area contributed by atoms with E-state index in [2.05, 4.69) is 35.0 Å². The number of quaternary nitrogens is 1. The summed E-state index contributed by atoms with van der Waals surface area (Å²) < 4.78 is 1.06. The molecule has 0 saturated heterocycles. The van der Waals surface area contributed by atoms with E-state index in [4.69, 9.17) is 0 Å². The Hall–Kier alpha value is 0.690. The van der Waals surface area contributed by atoms with Gasteiger partial charge in [0.2, 0.25) is 0 Å². The molecular weight excluding hydrogens is 213 g/mol. The third-order valence-electron chi connectivity index (χ3n) is 1.55. The van der Waals surface area contributed by atoms with Crippen molar-refractivity contribution >= 4 is 0 Å². The molecule has 0 heterocycles. The van der Waals surface area contributed by atoms with Crippen LogP contribution < -0.4 is 24.0 Å². The van der Waals surface area contributed by atoms with E-state index in [0.29, 0.717) is 0 Å². The molecule has 0 N–H and O–H groups in total. The lowest BCUT2D eigenvalue weighted by atomic mass is 10.3. The predicted molar refractivity (Wildman–Crippen MR) is 33.2 cm³/mol. The monoisotopic (exact) mass is 229 g/mol. The number of nitrogens with zero attached hydrogens (tertiary/aromatic N) is 1. The topological polar surface area (TPSA) is 0 Å². The van der Waals surface area contributed by atoms with Gasteiger partial charge in [-0.15, -0.1) is 0 Å². The summed E-state index contributed by atoms with van der Waals surface area (Å²) in [4.78, 5) is 0. The van der Waals surface area contributed by atoms with Crippen LogP contribution in [0.5, 0.6) is 0 Å². The van der Waals surface area contributed by atoms with Crippen molar-refractivity contribution in [2.24, 2.45) is 0 Å². The molecule has 52 valence electrons. The smallest absolute Gasteiger partial charge is 0.0827 e. The van der Waals surface area contributed by atoms with Crippen LogP contribution in [-0.4, -0.2) is 31.7 Å². The second-order valence-corrected chi connectivity index (χ2v) is 3.21. The van der Waals surface area contributed by atoms with Gasteiger partial charge in [0.05, 0.1) is 27.2 Å². The molecule has 0 aromatic carbocycles. The van der Waals surface area contributed by atoms with Crippen LogP contribution in [0.4, 0.5) is 0 Å². The van der Waals surface area contributed by atoms with E-state index in [1.807, 2.05) is 0 Å². The molecule has 0 fully saturated rings. The zero-order chi connectivity index (χ0) is 6.08. The van der Waals surface area contributed by atoms with E-state index in [-0.39, 0.29) is 24.0 Å². The van der Waals surface area contributed by atoms with Gasteiger partial charge in [-0.2, -0.15) is 0 Å². The normalized spacial score (nSPS) is 11.2. The van der Waals surface area contributed by atoms with Crippen molar-refractivity contribution in [1.82, 2.24) is 0 Å². The Morgan fingerprint density at radius 3 is 1.12 bits per heavy atom. The highest BCUT2D eigenvalue weighted by Crippen LogP contribution is 1.97. The maximum atomic E-state index is 2.22. The quantitative estimate of drug-likeness (QED) is 0.364. The summed E-state index contributed by atoms with van der Waals surface area (Å²) in [7, 11) is 6.60. The third-order valence-corrected chi connectivity index (χ3v) is 1.55. The number of rotatable bonds is 1. The highest BCUT2D eigenvalue weighted by molar-refractivity contribution is 4.31. The van der Waals surface area contributed by atoms with Crippen molar-refractivity contribution in [3.8, 4) is 0 Å². The molecule has 0 aliphatic rings. The highest BCUT2D eigenvalue weighted by atomic mass is 127. The van der Waals surface area contributed by atoms with Gasteiger partial charge in [0.15, 0.2) is 0 Å². The number of halogens is 1. The summed E-state index contributed by atoms with van der Waals surface area (Å²) in [6, 6.07) is 0.736. The van der Waals surface area contributed by atoms with E-state index in [1.54, 1.807) is 0 Å². The molecule has 0 aromatic heterocycles. The van der Waals surface area contributed by atoms with Gasteiger partial charge in [-0.25, -0.2) is 0 Å². The first kappa shape index (κ1) is 11.5. The van der Waals surface area contributed by atoms with E-state index in [1.165, 1.54) is 0 Å². The average Bonchev–Trinajstić information content (AvgIpc) is 1.31. The summed E-state index contributed by atoms with van der Waals surface area (Å²) >= 11 is 0. The minimum atomic E-state index is 0. The fraction of sp³-hybridized carbons (Fsp3) is 1.00. The Balaban J connectivity index is 0. The minimum absolute atomic E-state index is 0. The third kappa shape index (κ3) is 4.84. The van der Waals surface area contributed by atoms with Gasteiger partial charge in [0.25, 0.3) is 0 Å². The van der Waals surface area contributed by atoms with E-state index >= 15 is 0 Å². The average molecular weight is 229 g/mol. The molecular formula is C6H16IN. The molecule has 0 aliphatic heterocycles. The molecule has 0 bridgehead atoms. The zero-order valence-corrected chi connectivity index (χ0v) is 8.56. The molecule has 0 atom stereocenters. The molecule has 8 heavy (non-hydrogen) atoms. The van der Waals surface area contributed by atoms with Crippen molar-refractivity contribution in [2.75, 3.05) is 21.1 Å². The minimum Gasteiger partial charge on any atom is -1.00 e. The molecule has 0 aromatic rings. The number of hydrogen-bond acceptors (Lipinski definition) is 0. The second-order valence-electron chi connectivity index (χ2n) is 3.21. The lowest BCUT2D eigenvalue weighted by Crippen LogP contribution is -3.00. The van der Waals surface area contributed by atoms with Crippen molar-refractivity contribution in [2.45, 2.75) is 19.9 Å². The Kier molecular flexibility index (Phi) is 5.26. The summed E-state index contributed by atoms with van der Waals surface area (Å²) in [5.41, 5.74) is 0. The molecule has 0 saturated carbocycles. The first-order valence-electron chi connectivity index (χ1n) is 2.75. The molecule has 0 radical (unpaired) electrons. The van der Waals surface area contributed by atoms with Crippen molar-refractivity contribution in [3.05, 3.63) is 0 Å². The van der Waals surface area contributed by atoms with Crippen LogP contribution in [0.3, 0.4) is 0 Å². The molecule has 0 amide bonds. The van der Waals surface area contributed by atoms with Crippen LogP contribution in [0, 0.1) is 0 Å². The summed E-state index contributed by atoms with van der Waals surface area (Å²) in [5, 5.41) is 0. The standard InChI is InChI=1S/C6H16N.HI/c1-6(2)7(3,4)5;/h6H,1-5H3;1H/q+1;/p-1. The van der Waals surface area contributed by atoms with E-state index in [0.717, 1.165) is 10.5 Å². The van der Waals surface area contributed by atoms with Gasteiger partial charge < -0.3 is 28.5 Å². The van der Waals surface area contributed by atoms with Crippen LogP contribution in [-0.2, 0) is 0 Å². The fourth-order valence-electron chi connectivity index (χ4n) is 0. The van der Waals surface area contributed by atoms with Crippen LogP contribution in [0.25, 0.3) is 0 Å². The maximum absolute atomic E-state index is 2.22. The van der Waals surface area contributed by atoms with E-state index in [9.17, 15) is 0 Å². The molecule has 0 rings (SSSR count). The Morgan fingerprint density at radius 1 is 1.00 bits per heavy atom. The van der Waals surface area contributed by atoms with Gasteiger partial charge in [-0.1, -0.05) is 0 Å².